The minimum atomic E-state index is 0.597. The van der Waals surface area contributed by atoms with Crippen LogP contribution >= 0.6 is 0 Å². The fraction of sp³-hybridized carbons (Fsp3) is 1.00. The van der Waals surface area contributed by atoms with Gasteiger partial charge in [0.15, 0.2) is 0 Å². The van der Waals surface area contributed by atoms with E-state index in [0.717, 1.165) is 25.8 Å². The van der Waals surface area contributed by atoms with Crippen molar-refractivity contribution in [3.63, 3.8) is 0 Å². The second kappa shape index (κ2) is 4.40. The summed E-state index contributed by atoms with van der Waals surface area (Å²) >= 11 is 0. The van der Waals surface area contributed by atoms with Gasteiger partial charge in [-0.1, -0.05) is 0 Å². The zero-order chi connectivity index (χ0) is 9.10. The number of nitrogens with one attached hydrogen (secondary N) is 1. The first-order chi connectivity index (χ1) is 6.36. The van der Waals surface area contributed by atoms with Crippen molar-refractivity contribution in [3.8, 4) is 0 Å². The van der Waals surface area contributed by atoms with E-state index in [1.807, 2.05) is 0 Å². The molecule has 0 amide bonds. The van der Waals surface area contributed by atoms with Gasteiger partial charge in [0.25, 0.3) is 0 Å². The second-order valence-corrected chi connectivity index (χ2v) is 4.24. The molecule has 3 nitrogen and oxygen atoms in total. The van der Waals surface area contributed by atoms with Crippen LogP contribution in [0.1, 0.15) is 19.3 Å². The topological polar surface area (TPSA) is 24.5 Å². The Morgan fingerprint density at radius 3 is 3.08 bits per heavy atom. The Balaban J connectivity index is 1.75. The first-order valence-corrected chi connectivity index (χ1v) is 5.37. The molecule has 0 bridgehead atoms. The average molecular weight is 184 g/mol. The van der Waals surface area contributed by atoms with Crippen LogP contribution in [0.2, 0.25) is 0 Å². The van der Waals surface area contributed by atoms with Crippen molar-refractivity contribution < 1.29 is 4.74 Å². The molecule has 0 aromatic heterocycles. The van der Waals surface area contributed by atoms with Gasteiger partial charge in [0.05, 0.1) is 13.2 Å². The minimum Gasteiger partial charge on any atom is -0.379 e. The zero-order valence-electron chi connectivity index (χ0n) is 8.46. The molecule has 2 heterocycles. The largest absolute Gasteiger partial charge is 0.379 e. The molecule has 13 heavy (non-hydrogen) atoms. The molecule has 0 radical (unpaired) electrons. The van der Waals surface area contributed by atoms with Crippen LogP contribution in [-0.4, -0.2) is 50.3 Å². The maximum absolute atomic E-state index is 5.45. The number of morpholine rings is 1. The van der Waals surface area contributed by atoms with Gasteiger partial charge in [-0.2, -0.15) is 0 Å². The van der Waals surface area contributed by atoms with E-state index >= 15 is 0 Å². The quantitative estimate of drug-likeness (QED) is 0.675. The molecule has 2 rings (SSSR count). The normalized spacial score (nSPS) is 36.7. The minimum absolute atomic E-state index is 0.597. The zero-order valence-corrected chi connectivity index (χ0v) is 8.46. The Kier molecular flexibility index (Phi) is 3.19. The third-order valence-electron chi connectivity index (χ3n) is 3.23. The molecule has 2 saturated heterocycles. The Morgan fingerprint density at radius 2 is 2.46 bits per heavy atom. The highest BCUT2D eigenvalue weighted by Crippen LogP contribution is 2.19. The summed E-state index contributed by atoms with van der Waals surface area (Å²) in [6.45, 7) is 4.10. The van der Waals surface area contributed by atoms with Crippen molar-refractivity contribution >= 4 is 0 Å². The average Bonchev–Trinajstić information content (AvgIpc) is 2.54. The molecular formula is C10H20N2O. The lowest BCUT2D eigenvalue weighted by Crippen LogP contribution is -2.44. The Morgan fingerprint density at radius 1 is 1.54 bits per heavy atom. The molecule has 2 aliphatic heterocycles. The van der Waals surface area contributed by atoms with Crippen molar-refractivity contribution in [2.45, 2.75) is 31.3 Å². The molecule has 0 saturated carbocycles. The van der Waals surface area contributed by atoms with Gasteiger partial charge in [-0.3, -0.25) is 0 Å². The molecular weight excluding hydrogens is 164 g/mol. The molecule has 2 unspecified atom stereocenters. The van der Waals surface area contributed by atoms with Gasteiger partial charge < -0.3 is 15.0 Å². The molecule has 76 valence electrons. The van der Waals surface area contributed by atoms with Crippen molar-refractivity contribution in [3.05, 3.63) is 0 Å². The van der Waals surface area contributed by atoms with Crippen LogP contribution in [0, 0.1) is 0 Å². The first-order valence-electron chi connectivity index (χ1n) is 5.37. The molecule has 1 N–H and O–H groups in total. The number of rotatable bonds is 2. The number of likely N-dealkylation sites (tertiary alicyclic amines) is 1. The van der Waals surface area contributed by atoms with E-state index in [2.05, 4.69) is 17.3 Å². The summed E-state index contributed by atoms with van der Waals surface area (Å²) in [5.74, 6) is 0. The lowest BCUT2D eigenvalue weighted by atomic mass is 10.1. The molecule has 0 aromatic carbocycles. The van der Waals surface area contributed by atoms with Gasteiger partial charge in [0.1, 0.15) is 0 Å². The SMILES string of the molecule is CN1CCCC1CC1COCCN1. The van der Waals surface area contributed by atoms with Crippen LogP contribution in [0.3, 0.4) is 0 Å². The molecule has 2 fully saturated rings. The Bertz CT molecular complexity index is 157. The van der Waals surface area contributed by atoms with Crippen molar-refractivity contribution in [1.29, 1.82) is 0 Å². The summed E-state index contributed by atoms with van der Waals surface area (Å²) in [7, 11) is 2.24. The van der Waals surface area contributed by atoms with Crippen molar-refractivity contribution in [2.75, 3.05) is 33.4 Å². The van der Waals surface area contributed by atoms with Crippen molar-refractivity contribution in [1.82, 2.24) is 10.2 Å². The molecule has 0 spiro atoms. The number of hydrogen-bond acceptors (Lipinski definition) is 3. The third kappa shape index (κ3) is 2.42. The smallest absolute Gasteiger partial charge is 0.0620 e. The van der Waals surface area contributed by atoms with Crippen LogP contribution < -0.4 is 5.32 Å². The Labute approximate surface area is 80.4 Å². The van der Waals surface area contributed by atoms with Crippen LogP contribution in [0.4, 0.5) is 0 Å². The van der Waals surface area contributed by atoms with E-state index in [1.165, 1.54) is 25.8 Å². The summed E-state index contributed by atoms with van der Waals surface area (Å²) in [5.41, 5.74) is 0. The molecule has 2 atom stereocenters. The van der Waals surface area contributed by atoms with Gasteiger partial charge in [-0.05, 0) is 32.9 Å². The lowest BCUT2D eigenvalue weighted by molar-refractivity contribution is 0.0662. The summed E-state index contributed by atoms with van der Waals surface area (Å²) < 4.78 is 5.45. The van der Waals surface area contributed by atoms with E-state index in [1.54, 1.807) is 0 Å². The highest BCUT2D eigenvalue weighted by Gasteiger charge is 2.25. The van der Waals surface area contributed by atoms with Gasteiger partial charge in [0, 0.05) is 18.6 Å². The van der Waals surface area contributed by atoms with E-state index in [4.69, 9.17) is 4.74 Å². The number of ether oxygens (including phenoxy) is 1. The number of nitrogens with zero attached hydrogens (tertiary/aromatic N) is 1. The summed E-state index contributed by atoms with van der Waals surface area (Å²) in [5, 5.41) is 3.51. The second-order valence-electron chi connectivity index (χ2n) is 4.24. The fourth-order valence-electron chi connectivity index (χ4n) is 2.38. The van der Waals surface area contributed by atoms with Crippen LogP contribution in [0.5, 0.6) is 0 Å². The van der Waals surface area contributed by atoms with Gasteiger partial charge in [0.2, 0.25) is 0 Å². The van der Waals surface area contributed by atoms with E-state index in [-0.39, 0.29) is 0 Å². The Hall–Kier alpha value is -0.120. The predicted molar refractivity (Wildman–Crippen MR) is 52.9 cm³/mol. The monoisotopic (exact) mass is 184 g/mol. The molecule has 0 aliphatic carbocycles. The summed E-state index contributed by atoms with van der Waals surface area (Å²) in [4.78, 5) is 2.48. The maximum Gasteiger partial charge on any atom is 0.0620 e. The van der Waals surface area contributed by atoms with Crippen molar-refractivity contribution in [2.24, 2.45) is 0 Å². The highest BCUT2D eigenvalue weighted by molar-refractivity contribution is 4.82. The predicted octanol–water partition coefficient (Wildman–Crippen LogP) is 0.459. The lowest BCUT2D eigenvalue weighted by Gasteiger charge is -2.28. The summed E-state index contributed by atoms with van der Waals surface area (Å²) in [6.07, 6.45) is 4.00. The van der Waals surface area contributed by atoms with Gasteiger partial charge in [-0.15, -0.1) is 0 Å². The van der Waals surface area contributed by atoms with Crippen LogP contribution in [0.25, 0.3) is 0 Å². The van der Waals surface area contributed by atoms with Crippen LogP contribution in [-0.2, 0) is 4.74 Å². The molecule has 3 heteroatoms. The van der Waals surface area contributed by atoms with Crippen LogP contribution in [0.15, 0.2) is 0 Å². The molecule has 2 aliphatic rings. The van der Waals surface area contributed by atoms with Gasteiger partial charge >= 0.3 is 0 Å². The van der Waals surface area contributed by atoms with E-state index in [9.17, 15) is 0 Å². The standard InChI is InChI=1S/C10H20N2O/c1-12-5-2-3-10(12)7-9-8-13-6-4-11-9/h9-11H,2-8H2,1H3. The maximum atomic E-state index is 5.45. The number of hydrogen-bond donors (Lipinski definition) is 1. The highest BCUT2D eigenvalue weighted by atomic mass is 16.5. The van der Waals surface area contributed by atoms with E-state index in [0.29, 0.717) is 6.04 Å². The molecule has 0 aromatic rings. The van der Waals surface area contributed by atoms with E-state index < -0.39 is 0 Å². The summed E-state index contributed by atoms with van der Waals surface area (Å²) in [6, 6.07) is 1.39. The van der Waals surface area contributed by atoms with Gasteiger partial charge in [-0.25, -0.2) is 0 Å². The third-order valence-corrected chi connectivity index (χ3v) is 3.23. The first kappa shape index (κ1) is 9.44. The fourth-order valence-corrected chi connectivity index (χ4v) is 2.38.